The Balaban J connectivity index is 1.96. The molecule has 0 saturated carbocycles. The molecule has 0 spiro atoms. The first-order valence-corrected chi connectivity index (χ1v) is 20.8. The standard InChI is InChI=1S/C37H55ClFN7O6Si/c1-23(22-51-53(10,11)37(5,6)7)45(20-30(47)42-28(17-18-44(8)9)25-13-12-14-27(38)32(25)39)31(48)21-46-29-16-15-24(41-35(50)52-36(2,3)4)19-26(29)33(43-46)34(40)49/h12-16,19,23,28H,17-18,20-22H2,1-11H3,(H2,40,49)(H,41,50)(H,42,47)/t23-,28-/m1/s1. The topological polar surface area (TPSA) is 161 Å². The van der Waals surface area contributed by atoms with Gasteiger partial charge in [-0.05, 0) is 97.2 Å². The van der Waals surface area contributed by atoms with Crippen LogP contribution in [-0.4, -0.2) is 97.1 Å². The molecule has 0 fully saturated rings. The number of primary amides is 1. The highest BCUT2D eigenvalue weighted by atomic mass is 35.5. The van der Waals surface area contributed by atoms with Gasteiger partial charge in [0.2, 0.25) is 11.8 Å². The summed E-state index contributed by atoms with van der Waals surface area (Å²) in [4.78, 5) is 56.2. The van der Waals surface area contributed by atoms with Crippen molar-refractivity contribution in [3.63, 3.8) is 0 Å². The van der Waals surface area contributed by atoms with Gasteiger partial charge in [-0.1, -0.05) is 44.5 Å². The minimum absolute atomic E-state index is 0.0608. The van der Waals surface area contributed by atoms with Gasteiger partial charge in [-0.15, -0.1) is 0 Å². The fraction of sp³-hybridized carbons (Fsp3) is 0.541. The summed E-state index contributed by atoms with van der Waals surface area (Å²) in [6, 6.07) is 8.07. The fourth-order valence-electron chi connectivity index (χ4n) is 5.20. The number of carbonyl (C=O) groups excluding carboxylic acids is 4. The lowest BCUT2D eigenvalue weighted by Gasteiger charge is -2.38. The first-order valence-electron chi connectivity index (χ1n) is 17.5. The summed E-state index contributed by atoms with van der Waals surface area (Å²) in [6.07, 6.45) is -0.307. The number of nitrogens with zero attached hydrogens (tertiary/aromatic N) is 4. The number of fused-ring (bicyclic) bond motifs is 1. The highest BCUT2D eigenvalue weighted by molar-refractivity contribution is 6.74. The van der Waals surface area contributed by atoms with Gasteiger partial charge in [0.15, 0.2) is 14.0 Å². The summed E-state index contributed by atoms with van der Waals surface area (Å²) in [7, 11) is 1.50. The summed E-state index contributed by atoms with van der Waals surface area (Å²) in [5.74, 6) is -2.45. The van der Waals surface area contributed by atoms with E-state index < -0.39 is 55.6 Å². The van der Waals surface area contributed by atoms with E-state index in [2.05, 4.69) is 49.6 Å². The Labute approximate surface area is 317 Å². The van der Waals surface area contributed by atoms with Gasteiger partial charge in [0, 0.05) is 16.6 Å². The molecular formula is C37H55ClFN7O6Si. The van der Waals surface area contributed by atoms with Gasteiger partial charge in [0.1, 0.15) is 18.0 Å². The number of aromatic nitrogens is 2. The highest BCUT2D eigenvalue weighted by Crippen LogP contribution is 2.36. The van der Waals surface area contributed by atoms with Gasteiger partial charge in [-0.2, -0.15) is 5.10 Å². The Morgan fingerprint density at radius 3 is 2.32 bits per heavy atom. The zero-order chi connectivity index (χ0) is 40.1. The van der Waals surface area contributed by atoms with Crippen LogP contribution in [0.5, 0.6) is 0 Å². The normalized spacial score (nSPS) is 13.5. The molecular weight excluding hydrogens is 721 g/mol. The first kappa shape index (κ1) is 43.4. The van der Waals surface area contributed by atoms with Crippen LogP contribution in [0.2, 0.25) is 23.2 Å². The van der Waals surface area contributed by atoms with Crippen molar-refractivity contribution in [2.45, 2.75) is 97.2 Å². The number of benzene rings is 2. The average Bonchev–Trinajstić information content (AvgIpc) is 3.38. The van der Waals surface area contributed by atoms with Crippen LogP contribution in [0.4, 0.5) is 14.9 Å². The van der Waals surface area contributed by atoms with Crippen LogP contribution in [0.15, 0.2) is 36.4 Å². The Morgan fingerprint density at radius 1 is 1.08 bits per heavy atom. The van der Waals surface area contributed by atoms with Crippen molar-refractivity contribution in [1.82, 2.24) is 24.9 Å². The molecule has 1 aromatic heterocycles. The molecule has 292 valence electrons. The molecule has 0 saturated heterocycles. The SMILES string of the molecule is C[C@H](CO[Si](C)(C)C(C)(C)C)N(CC(=O)N[C@H](CCN(C)C)c1cccc(Cl)c1F)C(=O)Cn1nc(C(N)=O)c2cc(NC(=O)OC(C)(C)C)ccc21. The molecule has 13 nitrogen and oxygen atoms in total. The van der Waals surface area contributed by atoms with Crippen LogP contribution in [0.3, 0.4) is 0 Å². The molecule has 4 N–H and O–H groups in total. The lowest BCUT2D eigenvalue weighted by Crippen LogP contribution is -2.51. The van der Waals surface area contributed by atoms with Crippen molar-refractivity contribution in [1.29, 1.82) is 0 Å². The summed E-state index contributed by atoms with van der Waals surface area (Å²) < 4.78 is 28.3. The zero-order valence-corrected chi connectivity index (χ0v) is 34.5. The Kier molecular flexibility index (Phi) is 14.2. The van der Waals surface area contributed by atoms with E-state index in [1.165, 1.54) is 21.7 Å². The van der Waals surface area contributed by atoms with E-state index in [4.69, 9.17) is 26.5 Å². The van der Waals surface area contributed by atoms with Crippen LogP contribution >= 0.6 is 11.6 Å². The number of rotatable bonds is 15. The minimum Gasteiger partial charge on any atom is -0.444 e. The molecule has 3 aromatic rings. The number of halogens is 2. The lowest BCUT2D eigenvalue weighted by molar-refractivity contribution is -0.139. The van der Waals surface area contributed by atoms with E-state index in [1.807, 2.05) is 19.0 Å². The number of nitrogens with one attached hydrogen (secondary N) is 2. The number of amides is 4. The fourth-order valence-corrected chi connectivity index (χ4v) is 6.47. The van der Waals surface area contributed by atoms with Crippen molar-refractivity contribution in [3.05, 3.63) is 58.5 Å². The quantitative estimate of drug-likeness (QED) is 0.151. The molecule has 1 heterocycles. The van der Waals surface area contributed by atoms with Gasteiger partial charge in [-0.3, -0.25) is 24.4 Å². The van der Waals surface area contributed by atoms with Gasteiger partial charge >= 0.3 is 6.09 Å². The maximum absolute atomic E-state index is 15.2. The molecule has 0 aliphatic heterocycles. The van der Waals surface area contributed by atoms with Gasteiger partial charge in [0.25, 0.3) is 5.91 Å². The molecule has 3 rings (SSSR count). The third-order valence-corrected chi connectivity index (χ3v) is 13.9. The molecule has 0 radical (unpaired) electrons. The first-order chi connectivity index (χ1) is 24.4. The van der Waals surface area contributed by atoms with E-state index in [9.17, 15) is 19.2 Å². The Hall–Kier alpha value is -4.05. The van der Waals surface area contributed by atoms with Crippen molar-refractivity contribution in [3.8, 4) is 0 Å². The third kappa shape index (κ3) is 12.0. The smallest absolute Gasteiger partial charge is 0.412 e. The van der Waals surface area contributed by atoms with Crippen molar-refractivity contribution in [2.75, 3.05) is 39.1 Å². The molecule has 4 amide bonds. The number of carbonyl (C=O) groups is 4. The van der Waals surface area contributed by atoms with E-state index >= 15 is 4.39 Å². The number of hydrogen-bond acceptors (Lipinski definition) is 8. The molecule has 2 atom stereocenters. The highest BCUT2D eigenvalue weighted by Gasteiger charge is 2.38. The van der Waals surface area contributed by atoms with E-state index in [0.717, 1.165) is 0 Å². The van der Waals surface area contributed by atoms with E-state index in [0.29, 0.717) is 29.6 Å². The molecule has 2 aromatic carbocycles. The van der Waals surface area contributed by atoms with Crippen molar-refractivity contribution in [2.24, 2.45) is 5.73 Å². The Bertz CT molecular complexity index is 1800. The summed E-state index contributed by atoms with van der Waals surface area (Å²) in [6.45, 7) is 17.5. The maximum Gasteiger partial charge on any atom is 0.412 e. The minimum atomic E-state index is -2.25. The van der Waals surface area contributed by atoms with E-state index in [1.54, 1.807) is 52.0 Å². The maximum atomic E-state index is 15.2. The van der Waals surface area contributed by atoms with Crippen LogP contribution in [0.1, 0.15) is 77.0 Å². The van der Waals surface area contributed by atoms with Gasteiger partial charge in [-0.25, -0.2) is 9.18 Å². The second kappa shape index (κ2) is 17.4. The van der Waals surface area contributed by atoms with Crippen LogP contribution in [0.25, 0.3) is 10.9 Å². The van der Waals surface area contributed by atoms with Crippen molar-refractivity contribution >= 4 is 60.3 Å². The van der Waals surface area contributed by atoms with Crippen LogP contribution in [0, 0.1) is 5.82 Å². The molecule has 53 heavy (non-hydrogen) atoms. The predicted molar refractivity (Wildman–Crippen MR) is 208 cm³/mol. The molecule has 0 unspecified atom stereocenters. The molecule has 0 bridgehead atoms. The van der Waals surface area contributed by atoms with E-state index in [-0.39, 0.29) is 41.0 Å². The van der Waals surface area contributed by atoms with Crippen LogP contribution in [-0.2, 0) is 25.3 Å². The number of nitrogens with two attached hydrogens (primary N) is 1. The second-order valence-electron chi connectivity index (χ2n) is 16.0. The summed E-state index contributed by atoms with van der Waals surface area (Å²) in [5, 5.41) is 10.1. The number of anilines is 1. The third-order valence-electron chi connectivity index (χ3n) is 9.13. The van der Waals surface area contributed by atoms with Gasteiger partial charge < -0.3 is 30.0 Å². The summed E-state index contributed by atoms with van der Waals surface area (Å²) >= 11 is 6.10. The van der Waals surface area contributed by atoms with Crippen molar-refractivity contribution < 1.29 is 32.7 Å². The lowest BCUT2D eigenvalue weighted by atomic mass is 10.0. The number of ether oxygens (including phenoxy) is 1. The zero-order valence-electron chi connectivity index (χ0n) is 32.7. The molecule has 16 heteroatoms. The van der Waals surface area contributed by atoms with Gasteiger partial charge in [0.05, 0.1) is 35.8 Å². The largest absolute Gasteiger partial charge is 0.444 e. The Morgan fingerprint density at radius 2 is 1.74 bits per heavy atom. The monoisotopic (exact) mass is 775 g/mol. The number of hydrogen-bond donors (Lipinski definition) is 3. The summed E-state index contributed by atoms with van der Waals surface area (Å²) in [5.41, 5.74) is 5.81. The average molecular weight is 776 g/mol. The second-order valence-corrected chi connectivity index (χ2v) is 21.2. The predicted octanol–water partition coefficient (Wildman–Crippen LogP) is 6.32. The molecule has 0 aliphatic rings. The van der Waals surface area contributed by atoms with Crippen LogP contribution < -0.4 is 16.4 Å². The molecule has 0 aliphatic carbocycles.